The number of allylic oxidation sites excluding steroid dienone is 8. The Balaban J connectivity index is 2.10. The number of hydrogen-bond donors (Lipinski definition) is 0. The quantitative estimate of drug-likeness (QED) is 0.560. The van der Waals surface area contributed by atoms with Crippen molar-refractivity contribution in [3.63, 3.8) is 0 Å². The predicted octanol–water partition coefficient (Wildman–Crippen LogP) is 2.82. The van der Waals surface area contributed by atoms with Crippen LogP contribution in [0.4, 0.5) is 0 Å². The summed E-state index contributed by atoms with van der Waals surface area (Å²) < 4.78 is 0. The van der Waals surface area contributed by atoms with Crippen molar-refractivity contribution in [1.82, 2.24) is 0 Å². The zero-order valence-electron chi connectivity index (χ0n) is 7.93. The van der Waals surface area contributed by atoms with Gasteiger partial charge in [0.05, 0.1) is 11.4 Å². The Morgan fingerprint density at radius 2 is 1.00 bits per heavy atom. The van der Waals surface area contributed by atoms with Crippen molar-refractivity contribution in [3.05, 3.63) is 48.6 Å². The van der Waals surface area contributed by atoms with Crippen LogP contribution in [0.3, 0.4) is 0 Å². The highest BCUT2D eigenvalue weighted by molar-refractivity contribution is 6.07. The first-order chi connectivity index (χ1) is 6.95. The van der Waals surface area contributed by atoms with Gasteiger partial charge in [0.25, 0.3) is 0 Å². The highest BCUT2D eigenvalue weighted by atomic mass is 15.2. The lowest BCUT2D eigenvalue weighted by atomic mass is 10.2. The molecule has 0 aromatic heterocycles. The van der Waals surface area contributed by atoms with E-state index < -0.39 is 0 Å². The molecule has 0 radical (unpaired) electrons. The van der Waals surface area contributed by atoms with Crippen LogP contribution in [0, 0.1) is 0 Å². The third kappa shape index (κ3) is 2.39. The summed E-state index contributed by atoms with van der Waals surface area (Å²) in [6.07, 6.45) is 18.2. The molecule has 0 atom stereocenters. The van der Waals surface area contributed by atoms with E-state index in [9.17, 15) is 0 Å². The SMILES string of the molecule is C1=CC(=NN=C2C=CCC=C2)C=CC1. The average Bonchev–Trinajstić information content (AvgIpc) is 2.29. The maximum atomic E-state index is 4.14. The number of rotatable bonds is 1. The van der Waals surface area contributed by atoms with Crippen molar-refractivity contribution in [2.45, 2.75) is 12.8 Å². The van der Waals surface area contributed by atoms with Crippen LogP contribution in [0.15, 0.2) is 58.8 Å². The second-order valence-electron chi connectivity index (χ2n) is 3.13. The molecule has 0 aromatic carbocycles. The van der Waals surface area contributed by atoms with E-state index >= 15 is 0 Å². The minimum Gasteiger partial charge on any atom is -0.151 e. The fourth-order valence-electron chi connectivity index (χ4n) is 1.27. The molecule has 14 heavy (non-hydrogen) atoms. The van der Waals surface area contributed by atoms with Crippen molar-refractivity contribution < 1.29 is 0 Å². The molecule has 0 heterocycles. The Kier molecular flexibility index (Phi) is 2.86. The molecule has 0 unspecified atom stereocenters. The lowest BCUT2D eigenvalue weighted by Gasteiger charge is -1.98. The van der Waals surface area contributed by atoms with Gasteiger partial charge in [-0.05, 0) is 37.1 Å². The normalized spacial score (nSPS) is 18.9. The molecule has 0 amide bonds. The second kappa shape index (κ2) is 4.51. The third-order valence-electron chi connectivity index (χ3n) is 1.98. The lowest BCUT2D eigenvalue weighted by Crippen LogP contribution is -1.94. The Hall–Kier alpha value is -1.70. The molecule has 0 spiro atoms. The largest absolute Gasteiger partial charge is 0.151 e. The van der Waals surface area contributed by atoms with Crippen LogP contribution in [0.2, 0.25) is 0 Å². The van der Waals surface area contributed by atoms with Crippen LogP contribution in [0.25, 0.3) is 0 Å². The first-order valence-corrected chi connectivity index (χ1v) is 4.77. The van der Waals surface area contributed by atoms with E-state index in [2.05, 4.69) is 34.5 Å². The Morgan fingerprint density at radius 1 is 0.643 bits per heavy atom. The van der Waals surface area contributed by atoms with E-state index in [1.165, 1.54) is 0 Å². The van der Waals surface area contributed by atoms with Crippen LogP contribution < -0.4 is 0 Å². The molecule has 2 aliphatic rings. The standard InChI is InChI=1S/C12H12N2/c1-3-7-11(8-4-1)13-14-12-9-5-2-6-10-12/h3-10H,1-2H2. The summed E-state index contributed by atoms with van der Waals surface area (Å²) in [6.45, 7) is 0. The van der Waals surface area contributed by atoms with Gasteiger partial charge >= 0.3 is 0 Å². The highest BCUT2D eigenvalue weighted by Crippen LogP contribution is 2.01. The van der Waals surface area contributed by atoms with Crippen LogP contribution in [0.1, 0.15) is 12.8 Å². The van der Waals surface area contributed by atoms with Crippen molar-refractivity contribution in [1.29, 1.82) is 0 Å². The summed E-state index contributed by atoms with van der Waals surface area (Å²) in [5.74, 6) is 0. The summed E-state index contributed by atoms with van der Waals surface area (Å²) in [7, 11) is 0. The van der Waals surface area contributed by atoms with Crippen molar-refractivity contribution in [3.8, 4) is 0 Å². The van der Waals surface area contributed by atoms with Gasteiger partial charge in [0, 0.05) is 0 Å². The molecule has 0 fully saturated rings. The third-order valence-corrected chi connectivity index (χ3v) is 1.98. The molecular weight excluding hydrogens is 172 g/mol. The van der Waals surface area contributed by atoms with Crippen LogP contribution >= 0.6 is 0 Å². The van der Waals surface area contributed by atoms with Crippen molar-refractivity contribution in [2.24, 2.45) is 10.2 Å². The van der Waals surface area contributed by atoms with Gasteiger partial charge < -0.3 is 0 Å². The molecule has 2 nitrogen and oxygen atoms in total. The van der Waals surface area contributed by atoms with E-state index in [1.807, 2.05) is 24.3 Å². The van der Waals surface area contributed by atoms with Crippen LogP contribution in [-0.4, -0.2) is 11.4 Å². The molecule has 2 rings (SSSR count). The second-order valence-corrected chi connectivity index (χ2v) is 3.13. The van der Waals surface area contributed by atoms with E-state index in [0.717, 1.165) is 24.3 Å². The molecule has 0 N–H and O–H groups in total. The fraction of sp³-hybridized carbons (Fsp3) is 0.167. The molecule has 0 saturated heterocycles. The number of hydrogen-bond acceptors (Lipinski definition) is 2. The predicted molar refractivity (Wildman–Crippen MR) is 60.7 cm³/mol. The van der Waals surface area contributed by atoms with Crippen LogP contribution in [0.5, 0.6) is 0 Å². The van der Waals surface area contributed by atoms with Gasteiger partial charge in [-0.25, -0.2) is 0 Å². The van der Waals surface area contributed by atoms with E-state index in [4.69, 9.17) is 0 Å². The summed E-state index contributed by atoms with van der Waals surface area (Å²) >= 11 is 0. The van der Waals surface area contributed by atoms with Crippen LogP contribution in [-0.2, 0) is 0 Å². The van der Waals surface area contributed by atoms with Gasteiger partial charge in [0.15, 0.2) is 0 Å². The van der Waals surface area contributed by atoms with Gasteiger partial charge in [-0.15, -0.1) is 0 Å². The maximum Gasteiger partial charge on any atom is 0.0850 e. The van der Waals surface area contributed by atoms with Gasteiger partial charge in [-0.2, -0.15) is 10.2 Å². The highest BCUT2D eigenvalue weighted by Gasteiger charge is 1.94. The summed E-state index contributed by atoms with van der Waals surface area (Å²) in [6, 6.07) is 0. The fourth-order valence-corrected chi connectivity index (χ4v) is 1.27. The van der Waals surface area contributed by atoms with Crippen molar-refractivity contribution in [2.75, 3.05) is 0 Å². The Bertz CT molecular complexity index is 313. The van der Waals surface area contributed by atoms with E-state index in [0.29, 0.717) is 0 Å². The molecule has 0 bridgehead atoms. The summed E-state index contributed by atoms with van der Waals surface area (Å²) in [5.41, 5.74) is 1.83. The smallest absolute Gasteiger partial charge is 0.0850 e. The van der Waals surface area contributed by atoms with Gasteiger partial charge in [-0.3, -0.25) is 0 Å². The monoisotopic (exact) mass is 184 g/mol. The van der Waals surface area contributed by atoms with Gasteiger partial charge in [-0.1, -0.05) is 24.3 Å². The summed E-state index contributed by atoms with van der Waals surface area (Å²) in [5, 5.41) is 8.27. The molecule has 0 aliphatic heterocycles. The zero-order chi connectivity index (χ0) is 9.64. The molecule has 2 aliphatic carbocycles. The van der Waals surface area contributed by atoms with Gasteiger partial charge in [0.2, 0.25) is 0 Å². The minimum atomic E-state index is 0.913. The molecular formula is C12H12N2. The molecule has 70 valence electrons. The topological polar surface area (TPSA) is 24.7 Å². The first kappa shape index (κ1) is 8.88. The first-order valence-electron chi connectivity index (χ1n) is 4.77. The lowest BCUT2D eigenvalue weighted by molar-refractivity contribution is 1.23. The minimum absolute atomic E-state index is 0.913. The molecule has 2 heteroatoms. The maximum absolute atomic E-state index is 4.14. The van der Waals surface area contributed by atoms with E-state index in [1.54, 1.807) is 0 Å². The summed E-state index contributed by atoms with van der Waals surface area (Å²) in [4.78, 5) is 0. The molecule has 0 aromatic rings. The average molecular weight is 184 g/mol. The number of nitrogens with zero attached hydrogens (tertiary/aromatic N) is 2. The zero-order valence-corrected chi connectivity index (χ0v) is 7.93. The van der Waals surface area contributed by atoms with E-state index in [-0.39, 0.29) is 0 Å². The van der Waals surface area contributed by atoms with Crippen molar-refractivity contribution >= 4 is 11.4 Å². The molecule has 0 saturated carbocycles. The Morgan fingerprint density at radius 3 is 1.36 bits per heavy atom. The Labute approximate surface area is 83.7 Å². The van der Waals surface area contributed by atoms with Gasteiger partial charge in [0.1, 0.15) is 0 Å².